The molecule has 0 amide bonds. The standard InChI is InChI=1S/C14H16N4/c1-10-16-13(17-18(10)4)11-5-7-12(8-6-11)14(2,3)9-15/h5-8H,1-4H3. The molecule has 0 aliphatic carbocycles. The number of rotatable bonds is 2. The van der Waals surface area contributed by atoms with Crippen LogP contribution < -0.4 is 0 Å². The van der Waals surface area contributed by atoms with E-state index in [0.29, 0.717) is 0 Å². The summed E-state index contributed by atoms with van der Waals surface area (Å²) in [6.45, 7) is 5.74. The fourth-order valence-corrected chi connectivity index (χ4v) is 1.69. The van der Waals surface area contributed by atoms with Crippen molar-refractivity contribution in [3.63, 3.8) is 0 Å². The molecule has 0 aliphatic heterocycles. The summed E-state index contributed by atoms with van der Waals surface area (Å²) in [6, 6.07) is 10.1. The van der Waals surface area contributed by atoms with Crippen LogP contribution in [0.25, 0.3) is 11.4 Å². The lowest BCUT2D eigenvalue weighted by Crippen LogP contribution is -2.13. The topological polar surface area (TPSA) is 54.5 Å². The van der Waals surface area contributed by atoms with Gasteiger partial charge in [0.05, 0.1) is 11.5 Å². The smallest absolute Gasteiger partial charge is 0.181 e. The van der Waals surface area contributed by atoms with Crippen molar-refractivity contribution in [2.45, 2.75) is 26.2 Å². The van der Waals surface area contributed by atoms with Crippen molar-refractivity contribution in [1.29, 1.82) is 5.26 Å². The summed E-state index contributed by atoms with van der Waals surface area (Å²) >= 11 is 0. The van der Waals surface area contributed by atoms with E-state index in [0.717, 1.165) is 22.8 Å². The third-order valence-corrected chi connectivity index (χ3v) is 3.13. The Morgan fingerprint density at radius 2 is 1.83 bits per heavy atom. The first-order valence-corrected chi connectivity index (χ1v) is 5.84. The van der Waals surface area contributed by atoms with Gasteiger partial charge in [-0.25, -0.2) is 4.98 Å². The molecule has 0 N–H and O–H groups in total. The number of hydrogen-bond donors (Lipinski definition) is 0. The van der Waals surface area contributed by atoms with Gasteiger partial charge in [0, 0.05) is 12.6 Å². The monoisotopic (exact) mass is 240 g/mol. The molecule has 0 unspecified atom stereocenters. The third-order valence-electron chi connectivity index (χ3n) is 3.13. The van der Waals surface area contributed by atoms with Crippen molar-refractivity contribution in [3.05, 3.63) is 35.7 Å². The van der Waals surface area contributed by atoms with Gasteiger partial charge in [0.2, 0.25) is 0 Å². The van der Waals surface area contributed by atoms with Crippen molar-refractivity contribution in [1.82, 2.24) is 14.8 Å². The largest absolute Gasteiger partial charge is 0.253 e. The van der Waals surface area contributed by atoms with E-state index in [9.17, 15) is 0 Å². The summed E-state index contributed by atoms with van der Waals surface area (Å²) in [6.07, 6.45) is 0. The molecule has 0 saturated carbocycles. The van der Waals surface area contributed by atoms with Crippen LogP contribution >= 0.6 is 0 Å². The van der Waals surface area contributed by atoms with Gasteiger partial charge in [0.25, 0.3) is 0 Å². The predicted octanol–water partition coefficient (Wildman–Crippen LogP) is 2.59. The molecule has 18 heavy (non-hydrogen) atoms. The van der Waals surface area contributed by atoms with Crippen molar-refractivity contribution in [3.8, 4) is 17.5 Å². The molecule has 1 heterocycles. The van der Waals surface area contributed by atoms with Crippen LogP contribution in [0.15, 0.2) is 24.3 Å². The van der Waals surface area contributed by atoms with Gasteiger partial charge in [0.1, 0.15) is 5.82 Å². The molecule has 0 aliphatic rings. The van der Waals surface area contributed by atoms with E-state index in [4.69, 9.17) is 5.26 Å². The van der Waals surface area contributed by atoms with Gasteiger partial charge >= 0.3 is 0 Å². The number of aryl methyl sites for hydroxylation is 2. The molecule has 0 fully saturated rings. The molecule has 2 rings (SSSR count). The number of nitrogens with zero attached hydrogens (tertiary/aromatic N) is 4. The van der Waals surface area contributed by atoms with Crippen molar-refractivity contribution >= 4 is 0 Å². The highest BCUT2D eigenvalue weighted by molar-refractivity contribution is 5.55. The van der Waals surface area contributed by atoms with E-state index in [1.807, 2.05) is 52.1 Å². The van der Waals surface area contributed by atoms with Crippen LogP contribution in [0, 0.1) is 18.3 Å². The molecule has 4 nitrogen and oxygen atoms in total. The zero-order valence-corrected chi connectivity index (χ0v) is 11.1. The fourth-order valence-electron chi connectivity index (χ4n) is 1.69. The van der Waals surface area contributed by atoms with Gasteiger partial charge in [-0.15, -0.1) is 0 Å². The maximum Gasteiger partial charge on any atom is 0.181 e. The fraction of sp³-hybridized carbons (Fsp3) is 0.357. The second-order valence-corrected chi connectivity index (χ2v) is 4.92. The molecule has 1 aromatic carbocycles. The summed E-state index contributed by atoms with van der Waals surface area (Å²) in [5, 5.41) is 13.4. The van der Waals surface area contributed by atoms with E-state index in [-0.39, 0.29) is 0 Å². The maximum absolute atomic E-state index is 9.10. The Morgan fingerprint density at radius 3 is 2.28 bits per heavy atom. The van der Waals surface area contributed by atoms with Crippen LogP contribution in [-0.4, -0.2) is 14.8 Å². The lowest BCUT2D eigenvalue weighted by atomic mass is 9.86. The van der Waals surface area contributed by atoms with Crippen molar-refractivity contribution in [2.24, 2.45) is 7.05 Å². The van der Waals surface area contributed by atoms with Gasteiger partial charge in [0.15, 0.2) is 5.82 Å². The third kappa shape index (κ3) is 2.12. The Hall–Kier alpha value is -2.15. The minimum atomic E-state index is -0.466. The van der Waals surface area contributed by atoms with Gasteiger partial charge in [-0.05, 0) is 26.3 Å². The van der Waals surface area contributed by atoms with Crippen molar-refractivity contribution in [2.75, 3.05) is 0 Å². The SMILES string of the molecule is Cc1nc(-c2ccc(C(C)(C)C#N)cc2)nn1C. The Balaban J connectivity index is 2.37. The summed E-state index contributed by atoms with van der Waals surface area (Å²) in [7, 11) is 1.87. The molecule has 1 aromatic heterocycles. The Kier molecular flexibility index (Phi) is 2.92. The van der Waals surface area contributed by atoms with Gasteiger partial charge in [-0.3, -0.25) is 4.68 Å². The molecule has 92 valence electrons. The average Bonchev–Trinajstić information content (AvgIpc) is 2.70. The first-order valence-electron chi connectivity index (χ1n) is 5.84. The summed E-state index contributed by atoms with van der Waals surface area (Å²) < 4.78 is 1.75. The molecular weight excluding hydrogens is 224 g/mol. The molecule has 0 spiro atoms. The van der Waals surface area contributed by atoms with Gasteiger partial charge in [-0.2, -0.15) is 10.4 Å². The van der Waals surface area contributed by atoms with E-state index < -0.39 is 5.41 Å². The molecule has 0 atom stereocenters. The number of benzene rings is 1. The molecule has 0 saturated heterocycles. The van der Waals surface area contributed by atoms with E-state index >= 15 is 0 Å². The van der Waals surface area contributed by atoms with Crippen LogP contribution in [-0.2, 0) is 12.5 Å². The lowest BCUT2D eigenvalue weighted by Gasteiger charge is -2.15. The van der Waals surface area contributed by atoms with E-state index in [1.165, 1.54) is 0 Å². The first kappa shape index (κ1) is 12.3. The summed E-state index contributed by atoms with van der Waals surface area (Å²) in [5.41, 5.74) is 1.50. The number of nitriles is 1. The van der Waals surface area contributed by atoms with Crippen LogP contribution in [0.5, 0.6) is 0 Å². The highest BCUT2D eigenvalue weighted by Crippen LogP contribution is 2.24. The summed E-state index contributed by atoms with van der Waals surface area (Å²) in [4.78, 5) is 4.38. The highest BCUT2D eigenvalue weighted by atomic mass is 15.3. The first-order chi connectivity index (χ1) is 8.44. The minimum absolute atomic E-state index is 0.466. The predicted molar refractivity (Wildman–Crippen MR) is 69.8 cm³/mol. The van der Waals surface area contributed by atoms with Crippen LogP contribution in [0.3, 0.4) is 0 Å². The van der Waals surface area contributed by atoms with E-state index in [1.54, 1.807) is 4.68 Å². The lowest BCUT2D eigenvalue weighted by molar-refractivity contribution is 0.687. The highest BCUT2D eigenvalue weighted by Gasteiger charge is 2.19. The quantitative estimate of drug-likeness (QED) is 0.810. The average molecular weight is 240 g/mol. The van der Waals surface area contributed by atoms with E-state index in [2.05, 4.69) is 16.2 Å². The van der Waals surface area contributed by atoms with Gasteiger partial charge < -0.3 is 0 Å². The maximum atomic E-state index is 9.10. The number of hydrogen-bond acceptors (Lipinski definition) is 3. The van der Waals surface area contributed by atoms with Crippen LogP contribution in [0.1, 0.15) is 25.2 Å². The molecule has 4 heteroatoms. The molecule has 0 bridgehead atoms. The molecule has 2 aromatic rings. The van der Waals surface area contributed by atoms with Crippen LogP contribution in [0.4, 0.5) is 0 Å². The van der Waals surface area contributed by atoms with Crippen molar-refractivity contribution < 1.29 is 0 Å². The minimum Gasteiger partial charge on any atom is -0.253 e. The number of aromatic nitrogens is 3. The Morgan fingerprint density at radius 1 is 1.22 bits per heavy atom. The zero-order chi connectivity index (χ0) is 13.3. The van der Waals surface area contributed by atoms with Gasteiger partial charge in [-0.1, -0.05) is 24.3 Å². The second-order valence-electron chi connectivity index (χ2n) is 4.92. The molecule has 0 radical (unpaired) electrons. The summed E-state index contributed by atoms with van der Waals surface area (Å²) in [5.74, 6) is 1.60. The Bertz CT molecular complexity index is 580. The normalized spacial score (nSPS) is 11.3. The van der Waals surface area contributed by atoms with Crippen LogP contribution in [0.2, 0.25) is 0 Å². The molecular formula is C14H16N4. The zero-order valence-electron chi connectivity index (χ0n) is 11.1. The second kappa shape index (κ2) is 4.26. The Labute approximate surface area is 107 Å².